The molecule has 2 aromatic rings. The molecular formula is C24H27FN2O4. The maximum absolute atomic E-state index is 14.4. The second kappa shape index (κ2) is 9.31. The van der Waals surface area contributed by atoms with E-state index < -0.39 is 5.97 Å². The Labute approximate surface area is 181 Å². The lowest BCUT2D eigenvalue weighted by Gasteiger charge is -2.17. The first-order valence-electron chi connectivity index (χ1n) is 10.1. The SMILES string of the molecule is COCCCN1C(=O)/C(=C\c2cc(C)n(-c3ccccc3F)c2C)C(C(=O)OC)=C1C. The lowest BCUT2D eigenvalue weighted by atomic mass is 10.0. The third-order valence-electron chi connectivity index (χ3n) is 5.49. The highest BCUT2D eigenvalue weighted by atomic mass is 19.1. The van der Waals surface area contributed by atoms with E-state index in [4.69, 9.17) is 9.47 Å². The molecule has 0 saturated heterocycles. The van der Waals surface area contributed by atoms with E-state index in [-0.39, 0.29) is 22.9 Å². The van der Waals surface area contributed by atoms with E-state index in [2.05, 4.69) is 0 Å². The van der Waals surface area contributed by atoms with Crippen molar-refractivity contribution in [3.05, 3.63) is 69.9 Å². The molecule has 7 heteroatoms. The van der Waals surface area contributed by atoms with Crippen LogP contribution in [0.5, 0.6) is 0 Å². The van der Waals surface area contributed by atoms with Crippen LogP contribution >= 0.6 is 0 Å². The largest absolute Gasteiger partial charge is 0.465 e. The summed E-state index contributed by atoms with van der Waals surface area (Å²) in [6.45, 7) is 6.41. The highest BCUT2D eigenvalue weighted by Crippen LogP contribution is 2.33. The van der Waals surface area contributed by atoms with Crippen LogP contribution in [0.15, 0.2) is 47.2 Å². The molecule has 31 heavy (non-hydrogen) atoms. The Morgan fingerprint density at radius 2 is 1.87 bits per heavy atom. The molecule has 0 N–H and O–H groups in total. The highest BCUT2D eigenvalue weighted by Gasteiger charge is 2.36. The summed E-state index contributed by atoms with van der Waals surface area (Å²) in [5, 5.41) is 0. The van der Waals surface area contributed by atoms with Gasteiger partial charge in [0.25, 0.3) is 5.91 Å². The number of esters is 1. The number of ether oxygens (including phenoxy) is 2. The van der Waals surface area contributed by atoms with Crippen LogP contribution in [-0.4, -0.2) is 48.7 Å². The average Bonchev–Trinajstić information content (AvgIpc) is 3.15. The molecular weight excluding hydrogens is 399 g/mol. The van der Waals surface area contributed by atoms with E-state index >= 15 is 0 Å². The first-order chi connectivity index (χ1) is 14.8. The standard InChI is InChI=1S/C24H27FN2O4/c1-15-13-18(16(2)27(15)21-10-7-6-9-20(21)25)14-19-22(24(29)31-5)17(3)26(23(19)28)11-8-12-30-4/h6-7,9-10,13-14H,8,11-12H2,1-5H3/b19-14-. The number of amides is 1. The van der Waals surface area contributed by atoms with Crippen molar-refractivity contribution in [2.75, 3.05) is 27.4 Å². The van der Waals surface area contributed by atoms with Gasteiger partial charge < -0.3 is 18.9 Å². The minimum Gasteiger partial charge on any atom is -0.465 e. The summed E-state index contributed by atoms with van der Waals surface area (Å²) in [6, 6.07) is 8.40. The van der Waals surface area contributed by atoms with Gasteiger partial charge in [-0.05, 0) is 57.0 Å². The van der Waals surface area contributed by atoms with E-state index in [0.717, 1.165) is 17.0 Å². The number of rotatable bonds is 7. The summed E-state index contributed by atoms with van der Waals surface area (Å²) in [5.74, 6) is -1.16. The maximum Gasteiger partial charge on any atom is 0.340 e. The third-order valence-corrected chi connectivity index (χ3v) is 5.49. The predicted octanol–water partition coefficient (Wildman–Crippen LogP) is 3.94. The van der Waals surface area contributed by atoms with Crippen molar-refractivity contribution < 1.29 is 23.5 Å². The molecule has 0 atom stereocenters. The van der Waals surface area contributed by atoms with Gasteiger partial charge in [-0.25, -0.2) is 9.18 Å². The molecule has 1 aliphatic rings. The number of hydrogen-bond acceptors (Lipinski definition) is 4. The molecule has 3 rings (SSSR count). The Bertz CT molecular complexity index is 1080. The monoisotopic (exact) mass is 426 g/mol. The molecule has 164 valence electrons. The normalized spacial score (nSPS) is 15.4. The number of para-hydroxylation sites is 1. The number of carbonyl (C=O) groups is 2. The summed E-state index contributed by atoms with van der Waals surface area (Å²) >= 11 is 0. The van der Waals surface area contributed by atoms with Crippen LogP contribution in [0, 0.1) is 19.7 Å². The first-order valence-corrected chi connectivity index (χ1v) is 10.1. The molecule has 0 fully saturated rings. The van der Waals surface area contributed by atoms with E-state index in [1.807, 2.05) is 19.9 Å². The molecule has 6 nitrogen and oxygen atoms in total. The Morgan fingerprint density at radius 3 is 2.52 bits per heavy atom. The summed E-state index contributed by atoms with van der Waals surface area (Å²) in [5.41, 5.74) is 3.83. The topological polar surface area (TPSA) is 60.8 Å². The molecule has 0 radical (unpaired) electrons. The van der Waals surface area contributed by atoms with Gasteiger partial charge in [0.15, 0.2) is 0 Å². The fourth-order valence-electron chi connectivity index (χ4n) is 3.96. The zero-order valence-electron chi connectivity index (χ0n) is 18.5. The number of hydrogen-bond donors (Lipinski definition) is 0. The molecule has 0 spiro atoms. The smallest absolute Gasteiger partial charge is 0.340 e. The van der Waals surface area contributed by atoms with E-state index in [1.54, 1.807) is 47.8 Å². The van der Waals surface area contributed by atoms with E-state index in [9.17, 15) is 14.0 Å². The quantitative estimate of drug-likeness (QED) is 0.382. The summed E-state index contributed by atoms with van der Waals surface area (Å²) < 4.78 is 26.2. The number of benzene rings is 1. The summed E-state index contributed by atoms with van der Waals surface area (Å²) in [7, 11) is 2.90. The number of aryl methyl sites for hydroxylation is 1. The molecule has 1 aromatic carbocycles. The van der Waals surface area contributed by atoms with Crippen LogP contribution in [0.3, 0.4) is 0 Å². The van der Waals surface area contributed by atoms with Crippen LogP contribution in [0.4, 0.5) is 4.39 Å². The van der Waals surface area contributed by atoms with Gasteiger partial charge >= 0.3 is 5.97 Å². The lowest BCUT2D eigenvalue weighted by Crippen LogP contribution is -2.26. The maximum atomic E-state index is 14.4. The predicted molar refractivity (Wildman–Crippen MR) is 116 cm³/mol. The molecule has 0 unspecified atom stereocenters. The van der Waals surface area contributed by atoms with Crippen molar-refractivity contribution >= 4 is 18.0 Å². The zero-order valence-corrected chi connectivity index (χ0v) is 18.5. The highest BCUT2D eigenvalue weighted by molar-refractivity contribution is 6.16. The van der Waals surface area contributed by atoms with Crippen LogP contribution in [0.1, 0.15) is 30.3 Å². The molecule has 0 bridgehead atoms. The molecule has 1 aromatic heterocycles. The van der Waals surface area contributed by atoms with Crippen molar-refractivity contribution in [1.82, 2.24) is 9.47 Å². The second-order valence-corrected chi connectivity index (χ2v) is 7.43. The third kappa shape index (κ3) is 4.18. The van der Waals surface area contributed by atoms with Crippen molar-refractivity contribution in [3.8, 4) is 5.69 Å². The second-order valence-electron chi connectivity index (χ2n) is 7.43. The van der Waals surface area contributed by atoms with E-state index in [0.29, 0.717) is 31.0 Å². The Balaban J connectivity index is 2.08. The Morgan fingerprint density at radius 1 is 1.16 bits per heavy atom. The van der Waals surface area contributed by atoms with Crippen LogP contribution in [0.2, 0.25) is 0 Å². The molecule has 2 heterocycles. The minimum absolute atomic E-state index is 0.251. The molecule has 0 saturated carbocycles. The zero-order chi connectivity index (χ0) is 22.7. The fourth-order valence-corrected chi connectivity index (χ4v) is 3.96. The minimum atomic E-state index is -0.561. The number of carbonyl (C=O) groups excluding carboxylic acids is 2. The van der Waals surface area contributed by atoms with Gasteiger partial charge in [0.05, 0.1) is 23.9 Å². The van der Waals surface area contributed by atoms with Crippen LogP contribution in [-0.2, 0) is 19.1 Å². The van der Waals surface area contributed by atoms with Gasteiger partial charge in [-0.3, -0.25) is 4.79 Å². The van der Waals surface area contributed by atoms with Crippen molar-refractivity contribution in [2.45, 2.75) is 27.2 Å². The number of allylic oxidation sites excluding steroid dienone is 1. The molecule has 1 amide bonds. The lowest BCUT2D eigenvalue weighted by molar-refractivity contribution is -0.136. The van der Waals surface area contributed by atoms with Crippen molar-refractivity contribution in [2.24, 2.45) is 0 Å². The average molecular weight is 426 g/mol. The first kappa shape index (κ1) is 22.5. The molecule has 0 aliphatic carbocycles. The number of aromatic nitrogens is 1. The van der Waals surface area contributed by atoms with Gasteiger partial charge in [0, 0.05) is 37.3 Å². The van der Waals surface area contributed by atoms with Crippen LogP contribution < -0.4 is 0 Å². The van der Waals surface area contributed by atoms with Gasteiger partial charge in [-0.15, -0.1) is 0 Å². The van der Waals surface area contributed by atoms with Crippen molar-refractivity contribution in [3.63, 3.8) is 0 Å². The molecule has 1 aliphatic heterocycles. The van der Waals surface area contributed by atoms with E-state index in [1.165, 1.54) is 13.2 Å². The Kier molecular flexibility index (Phi) is 6.75. The number of methoxy groups -OCH3 is 2. The van der Waals surface area contributed by atoms with Crippen molar-refractivity contribution in [1.29, 1.82) is 0 Å². The van der Waals surface area contributed by atoms with Gasteiger partial charge in [0.1, 0.15) is 5.82 Å². The van der Waals surface area contributed by atoms with Gasteiger partial charge in [-0.1, -0.05) is 12.1 Å². The summed E-state index contributed by atoms with van der Waals surface area (Å²) in [6.07, 6.45) is 2.33. The fraction of sp³-hybridized carbons (Fsp3) is 0.333. The van der Waals surface area contributed by atoms with Crippen LogP contribution in [0.25, 0.3) is 11.8 Å². The Hall–Kier alpha value is -3.19. The summed E-state index contributed by atoms with van der Waals surface area (Å²) in [4.78, 5) is 27.2. The van der Waals surface area contributed by atoms with Gasteiger partial charge in [-0.2, -0.15) is 0 Å². The van der Waals surface area contributed by atoms with Gasteiger partial charge in [0.2, 0.25) is 0 Å². The number of nitrogens with zero attached hydrogens (tertiary/aromatic N) is 2. The number of halogens is 1.